The first kappa shape index (κ1) is 34.6. The second-order valence-corrected chi connectivity index (χ2v) is 15.5. The van der Waals surface area contributed by atoms with Crippen molar-refractivity contribution in [3.05, 3.63) is 11.6 Å². The lowest BCUT2D eigenvalue weighted by atomic mass is 9.46. The lowest BCUT2D eigenvalue weighted by Crippen LogP contribution is -2.60. The molecular formula is C35H59NO7S. The highest BCUT2D eigenvalue weighted by Crippen LogP contribution is 2.66. The maximum Gasteiger partial charge on any atom is 0.217 e. The van der Waals surface area contributed by atoms with Gasteiger partial charge in [0, 0.05) is 31.6 Å². The molecule has 2 unspecified atom stereocenters. The minimum absolute atomic E-state index is 0.0120. The Kier molecular flexibility index (Phi) is 11.5. The van der Waals surface area contributed by atoms with E-state index >= 15 is 0 Å². The summed E-state index contributed by atoms with van der Waals surface area (Å²) < 4.78 is 17.7. The fourth-order valence-electron chi connectivity index (χ4n) is 10.4. The monoisotopic (exact) mass is 637 g/mol. The molecule has 4 fully saturated rings. The van der Waals surface area contributed by atoms with E-state index in [1.165, 1.54) is 44.1 Å². The molecule has 1 saturated heterocycles. The van der Waals surface area contributed by atoms with Gasteiger partial charge in [0.15, 0.2) is 0 Å². The molecule has 0 aromatic heterocycles. The van der Waals surface area contributed by atoms with Crippen LogP contribution < -0.4 is 5.32 Å². The summed E-state index contributed by atoms with van der Waals surface area (Å²) in [6.45, 7) is 9.86. The molecule has 0 aromatic rings. The van der Waals surface area contributed by atoms with Crippen molar-refractivity contribution in [2.45, 2.75) is 147 Å². The smallest absolute Gasteiger partial charge is 0.217 e. The molecule has 9 heteroatoms. The molecule has 3 saturated carbocycles. The maximum absolute atomic E-state index is 12.4. The summed E-state index contributed by atoms with van der Waals surface area (Å²) in [6, 6.07) is 0.114. The van der Waals surface area contributed by atoms with E-state index in [-0.39, 0.29) is 30.1 Å². The van der Waals surface area contributed by atoms with Crippen molar-refractivity contribution < 1.29 is 34.3 Å². The number of carbonyl (C=O) groups excluding carboxylic acids is 1. The van der Waals surface area contributed by atoms with Gasteiger partial charge >= 0.3 is 0 Å². The fourth-order valence-corrected chi connectivity index (χ4v) is 10.8. The van der Waals surface area contributed by atoms with Gasteiger partial charge in [0.2, 0.25) is 5.91 Å². The molecule has 1 amide bonds. The van der Waals surface area contributed by atoms with Crippen LogP contribution in [0.5, 0.6) is 0 Å². The summed E-state index contributed by atoms with van der Waals surface area (Å²) in [5.41, 5.74) is 1.32. The normalized spacial score (nSPS) is 45.2. The third-order valence-electron chi connectivity index (χ3n) is 12.8. The van der Waals surface area contributed by atoms with Crippen LogP contribution >= 0.6 is 12.6 Å². The van der Waals surface area contributed by atoms with Crippen LogP contribution in [0.4, 0.5) is 0 Å². The summed E-state index contributed by atoms with van der Waals surface area (Å²) in [6.07, 6.45) is 12.2. The van der Waals surface area contributed by atoms with Crippen molar-refractivity contribution in [1.82, 2.24) is 5.32 Å². The number of thiol groups is 1. The van der Waals surface area contributed by atoms with Crippen LogP contribution in [0.15, 0.2) is 11.6 Å². The van der Waals surface area contributed by atoms with Crippen LogP contribution in [0.3, 0.4) is 0 Å². The average Bonchev–Trinajstić information content (AvgIpc) is 3.34. The van der Waals surface area contributed by atoms with Crippen molar-refractivity contribution in [3.63, 3.8) is 0 Å². The van der Waals surface area contributed by atoms with E-state index in [9.17, 15) is 20.1 Å². The highest BCUT2D eigenvalue weighted by atomic mass is 32.1. The molecule has 4 aliphatic carbocycles. The first-order chi connectivity index (χ1) is 21.0. The molecule has 0 spiro atoms. The number of fused-ring (bicyclic) bond motifs is 5. The third kappa shape index (κ3) is 6.67. The van der Waals surface area contributed by atoms with Gasteiger partial charge in [-0.25, -0.2) is 0 Å². The van der Waals surface area contributed by atoms with Gasteiger partial charge < -0.3 is 34.8 Å². The third-order valence-corrected chi connectivity index (χ3v) is 13.2. The minimum atomic E-state index is -1.20. The van der Waals surface area contributed by atoms with Crippen LogP contribution in [0.1, 0.15) is 105 Å². The van der Waals surface area contributed by atoms with Gasteiger partial charge in [0.05, 0.1) is 12.7 Å². The van der Waals surface area contributed by atoms with Crippen molar-refractivity contribution in [2.75, 3.05) is 19.8 Å². The van der Waals surface area contributed by atoms with E-state index in [2.05, 4.69) is 44.8 Å². The number of unbranched alkanes of at least 4 members (excludes halogenated alkanes) is 3. The van der Waals surface area contributed by atoms with E-state index in [0.717, 1.165) is 56.3 Å². The van der Waals surface area contributed by atoms with Crippen molar-refractivity contribution in [3.8, 4) is 0 Å². The molecule has 4 N–H and O–H groups in total. The Morgan fingerprint density at radius 1 is 1.07 bits per heavy atom. The summed E-state index contributed by atoms with van der Waals surface area (Å²) >= 11 is 4.32. The first-order valence-electron chi connectivity index (χ1n) is 17.5. The van der Waals surface area contributed by atoms with Gasteiger partial charge in [-0.1, -0.05) is 51.7 Å². The standard InChI is InChI=1S/C35H59NO7S/c1-5-22-11-13-26-25-12-10-23-18-24(19-29(36-21(2)38)35(23,4)27(25)14-15-34(22,26)3)41-16-8-6-7-9-17-42-32-31(40)30(39)28(20-37)43-33(32)44/h10,22,24-33,37,39-40,44H,5-9,11-20H2,1-4H3,(H,36,38)/t22-,24?,25-,26-,27-,28+,29?,30+,31-,32-,33-,34+,35-/m0/s1. The molecule has 5 aliphatic rings. The molecule has 1 aliphatic heterocycles. The lowest BCUT2D eigenvalue weighted by Gasteiger charge is -2.60. The molecule has 252 valence electrons. The van der Waals surface area contributed by atoms with Crippen molar-refractivity contribution in [1.29, 1.82) is 0 Å². The SMILES string of the molecule is CC[C@H]1CC[C@H]2[C@@H]3CC=C4CC(OCCCCCCO[C@H]5[C@@H](O)[C@H](O)[C@@H](CO)O[C@H]5S)CC(NC(C)=O)[C@]4(C)[C@H]3CC[C@]12C. The molecule has 1 heterocycles. The number of aliphatic hydroxyl groups excluding tert-OH is 3. The van der Waals surface area contributed by atoms with Gasteiger partial charge in [0.1, 0.15) is 29.9 Å². The number of hydrogen-bond donors (Lipinski definition) is 5. The summed E-state index contributed by atoms with van der Waals surface area (Å²) in [5.74, 6) is 3.10. The number of amides is 1. The zero-order valence-corrected chi connectivity index (χ0v) is 28.4. The minimum Gasteiger partial charge on any atom is -0.394 e. The lowest BCUT2D eigenvalue weighted by molar-refractivity contribution is -0.218. The molecule has 5 rings (SSSR count). The first-order valence-corrected chi connectivity index (χ1v) is 18.1. The van der Waals surface area contributed by atoms with Gasteiger partial charge in [-0.15, -0.1) is 12.6 Å². The Hall–Kier alpha value is -0.680. The second kappa shape index (κ2) is 14.6. The summed E-state index contributed by atoms with van der Waals surface area (Å²) in [5, 5.41) is 33.1. The number of nitrogens with one attached hydrogen (secondary N) is 1. The van der Waals surface area contributed by atoms with Crippen LogP contribution in [-0.2, 0) is 19.0 Å². The Balaban J connectivity index is 1.09. The predicted octanol–water partition coefficient (Wildman–Crippen LogP) is 4.79. The maximum atomic E-state index is 12.4. The Morgan fingerprint density at radius 3 is 2.48 bits per heavy atom. The number of allylic oxidation sites excluding steroid dienone is 1. The van der Waals surface area contributed by atoms with Crippen LogP contribution in [0, 0.1) is 34.5 Å². The second-order valence-electron chi connectivity index (χ2n) is 15.0. The molecule has 0 bridgehead atoms. The van der Waals surface area contributed by atoms with E-state index in [1.54, 1.807) is 6.92 Å². The number of rotatable bonds is 12. The van der Waals surface area contributed by atoms with Gasteiger partial charge in [-0.3, -0.25) is 4.79 Å². The van der Waals surface area contributed by atoms with Crippen LogP contribution in [0.25, 0.3) is 0 Å². The predicted molar refractivity (Wildman–Crippen MR) is 173 cm³/mol. The Bertz CT molecular complexity index is 1010. The highest BCUT2D eigenvalue weighted by molar-refractivity contribution is 7.80. The van der Waals surface area contributed by atoms with E-state index in [0.29, 0.717) is 24.5 Å². The van der Waals surface area contributed by atoms with Crippen LogP contribution in [0.2, 0.25) is 0 Å². The largest absolute Gasteiger partial charge is 0.394 e. The molecule has 8 nitrogen and oxygen atoms in total. The number of carbonyl (C=O) groups is 1. The highest BCUT2D eigenvalue weighted by Gasteiger charge is 2.60. The number of hydrogen-bond acceptors (Lipinski definition) is 8. The topological polar surface area (TPSA) is 117 Å². The molecule has 0 aromatic carbocycles. The molecule has 13 atom stereocenters. The molecule has 0 radical (unpaired) electrons. The van der Waals surface area contributed by atoms with E-state index in [1.807, 2.05) is 0 Å². The van der Waals surface area contributed by atoms with Crippen molar-refractivity contribution in [2.24, 2.45) is 34.5 Å². The fraction of sp³-hybridized carbons (Fsp3) is 0.914. The summed E-state index contributed by atoms with van der Waals surface area (Å²) in [4.78, 5) is 12.4. The zero-order valence-electron chi connectivity index (χ0n) is 27.5. The van der Waals surface area contributed by atoms with Crippen LogP contribution in [-0.4, -0.2) is 83.0 Å². The Labute approximate surface area is 270 Å². The molecular weight excluding hydrogens is 578 g/mol. The van der Waals surface area contributed by atoms with Gasteiger partial charge in [-0.2, -0.15) is 0 Å². The van der Waals surface area contributed by atoms with E-state index < -0.39 is 29.9 Å². The van der Waals surface area contributed by atoms with Gasteiger partial charge in [0.25, 0.3) is 0 Å². The quantitative estimate of drug-likeness (QED) is 0.119. The van der Waals surface area contributed by atoms with Gasteiger partial charge in [-0.05, 0) is 86.9 Å². The zero-order chi connectivity index (χ0) is 31.6. The Morgan fingerprint density at radius 2 is 1.80 bits per heavy atom. The average molecular weight is 638 g/mol. The summed E-state index contributed by atoms with van der Waals surface area (Å²) in [7, 11) is 0. The molecule has 44 heavy (non-hydrogen) atoms. The van der Waals surface area contributed by atoms with E-state index in [4.69, 9.17) is 14.2 Å². The number of ether oxygens (including phenoxy) is 3. The number of aliphatic hydroxyl groups is 3. The van der Waals surface area contributed by atoms with Crippen molar-refractivity contribution >= 4 is 18.5 Å².